The van der Waals surface area contributed by atoms with Gasteiger partial charge in [0.25, 0.3) is 0 Å². The van der Waals surface area contributed by atoms with Crippen LogP contribution in [0.2, 0.25) is 0 Å². The average Bonchev–Trinajstić information content (AvgIpc) is 1.85. The molecule has 0 bridgehead atoms. The van der Waals surface area contributed by atoms with Crippen molar-refractivity contribution in [2.45, 2.75) is 6.92 Å². The Morgan fingerprint density at radius 1 is 1.55 bits per heavy atom. The Bertz CT molecular complexity index is 296. The lowest BCUT2D eigenvalue weighted by atomic mass is 10.1. The number of hydrogen-bond acceptors (Lipinski definition) is 2. The van der Waals surface area contributed by atoms with E-state index >= 15 is 0 Å². The number of rotatable bonds is 1. The molecule has 0 saturated heterocycles. The van der Waals surface area contributed by atoms with Gasteiger partial charge in [-0.25, -0.2) is 0 Å². The molecule has 2 N–H and O–H groups in total. The summed E-state index contributed by atoms with van der Waals surface area (Å²) in [5, 5.41) is 16.2. The monoisotopic (exact) mass is 169 g/mol. The van der Waals surface area contributed by atoms with E-state index in [0.29, 0.717) is 5.56 Å². The summed E-state index contributed by atoms with van der Waals surface area (Å²) in [5.41, 5.74) is 1.32. The van der Waals surface area contributed by atoms with Crippen molar-refractivity contribution in [1.82, 2.24) is 0 Å². The maximum Gasteiger partial charge on any atom is 0.131 e. The van der Waals surface area contributed by atoms with Gasteiger partial charge < -0.3 is 5.11 Å². The summed E-state index contributed by atoms with van der Waals surface area (Å²) >= 11 is 5.38. The van der Waals surface area contributed by atoms with Crippen LogP contribution >= 0.6 is 11.6 Å². The lowest BCUT2D eigenvalue weighted by Gasteiger charge is -2.00. The van der Waals surface area contributed by atoms with Gasteiger partial charge in [-0.1, -0.05) is 17.7 Å². The predicted molar refractivity (Wildman–Crippen MR) is 45.5 cm³/mol. The van der Waals surface area contributed by atoms with Gasteiger partial charge in [-0.3, -0.25) is 5.41 Å². The highest BCUT2D eigenvalue weighted by Crippen LogP contribution is 2.19. The standard InChI is InChI=1S/C8H8ClNO/c1-5-2-3-6(8(9)10)7(11)4-5/h2-4,10-11H,1H3. The average molecular weight is 170 g/mol. The molecule has 1 aromatic carbocycles. The van der Waals surface area contributed by atoms with Crippen LogP contribution in [-0.4, -0.2) is 10.3 Å². The summed E-state index contributed by atoms with van der Waals surface area (Å²) in [6, 6.07) is 5.00. The molecule has 0 fully saturated rings. The van der Waals surface area contributed by atoms with Gasteiger partial charge in [-0.15, -0.1) is 0 Å². The quantitative estimate of drug-likeness (QED) is 0.623. The minimum absolute atomic E-state index is 0.0602. The normalized spacial score (nSPS) is 9.64. The summed E-state index contributed by atoms with van der Waals surface area (Å²) in [4.78, 5) is 0. The lowest BCUT2D eigenvalue weighted by molar-refractivity contribution is 0.474. The molecule has 0 aromatic heterocycles. The molecule has 0 radical (unpaired) electrons. The molecule has 0 heterocycles. The minimum atomic E-state index is -0.137. The molecule has 0 spiro atoms. The van der Waals surface area contributed by atoms with Crippen molar-refractivity contribution < 1.29 is 5.11 Å². The number of nitrogens with one attached hydrogen (secondary N) is 1. The van der Waals surface area contributed by atoms with Crippen LogP contribution in [0.4, 0.5) is 0 Å². The fourth-order valence-electron chi connectivity index (χ4n) is 0.827. The van der Waals surface area contributed by atoms with Crippen molar-refractivity contribution >= 4 is 16.8 Å². The molecule has 0 aliphatic heterocycles. The SMILES string of the molecule is Cc1ccc(C(=N)Cl)c(O)c1. The van der Waals surface area contributed by atoms with Crippen molar-refractivity contribution in [3.8, 4) is 5.75 Å². The van der Waals surface area contributed by atoms with Crippen LogP contribution in [0.1, 0.15) is 11.1 Å². The van der Waals surface area contributed by atoms with Crippen LogP contribution in [0.3, 0.4) is 0 Å². The maximum atomic E-state index is 9.24. The number of hydrogen-bond donors (Lipinski definition) is 2. The molecule has 0 atom stereocenters. The van der Waals surface area contributed by atoms with Crippen LogP contribution in [0.5, 0.6) is 5.75 Å². The fourth-order valence-corrected chi connectivity index (χ4v) is 0.987. The zero-order valence-corrected chi connectivity index (χ0v) is 6.81. The Balaban J connectivity index is 3.20. The van der Waals surface area contributed by atoms with Gasteiger partial charge in [0.2, 0.25) is 0 Å². The topological polar surface area (TPSA) is 44.1 Å². The predicted octanol–water partition coefficient (Wildman–Crippen LogP) is 2.26. The molecule has 0 unspecified atom stereocenters. The molecule has 58 valence electrons. The van der Waals surface area contributed by atoms with E-state index in [4.69, 9.17) is 17.0 Å². The lowest BCUT2D eigenvalue weighted by Crippen LogP contribution is -1.89. The second kappa shape index (κ2) is 2.93. The molecule has 0 aliphatic carbocycles. The molecule has 0 saturated carbocycles. The molecule has 0 aliphatic rings. The first kappa shape index (κ1) is 8.08. The third-order valence-electron chi connectivity index (χ3n) is 1.39. The van der Waals surface area contributed by atoms with Crippen molar-refractivity contribution in [2.24, 2.45) is 0 Å². The summed E-state index contributed by atoms with van der Waals surface area (Å²) in [7, 11) is 0. The molecule has 1 rings (SSSR count). The van der Waals surface area contributed by atoms with Crippen LogP contribution in [0.15, 0.2) is 18.2 Å². The van der Waals surface area contributed by atoms with Gasteiger partial charge in [0.05, 0.1) is 5.56 Å². The first-order valence-corrected chi connectivity index (χ1v) is 3.53. The van der Waals surface area contributed by atoms with Crippen molar-refractivity contribution in [3.63, 3.8) is 0 Å². The molecule has 1 aromatic rings. The fraction of sp³-hybridized carbons (Fsp3) is 0.125. The van der Waals surface area contributed by atoms with Gasteiger partial charge in [0.1, 0.15) is 10.9 Å². The summed E-state index contributed by atoms with van der Waals surface area (Å²) in [6.45, 7) is 1.86. The summed E-state index contributed by atoms with van der Waals surface area (Å²) < 4.78 is 0. The highest BCUT2D eigenvalue weighted by Gasteiger charge is 2.03. The second-order valence-electron chi connectivity index (χ2n) is 2.33. The van der Waals surface area contributed by atoms with Gasteiger partial charge in [-0.05, 0) is 24.6 Å². The number of phenolic OH excluding ortho intramolecular Hbond substituents is 1. The van der Waals surface area contributed by atoms with E-state index in [9.17, 15) is 5.11 Å². The van der Waals surface area contributed by atoms with Crippen molar-refractivity contribution in [1.29, 1.82) is 5.41 Å². The minimum Gasteiger partial charge on any atom is -0.507 e. The van der Waals surface area contributed by atoms with Crippen molar-refractivity contribution in [3.05, 3.63) is 29.3 Å². The molecule has 3 heteroatoms. The molecule has 2 nitrogen and oxygen atoms in total. The van der Waals surface area contributed by atoms with E-state index in [1.165, 1.54) is 0 Å². The Kier molecular flexibility index (Phi) is 2.15. The first-order chi connectivity index (χ1) is 5.11. The Morgan fingerprint density at radius 2 is 2.18 bits per heavy atom. The number of benzene rings is 1. The highest BCUT2D eigenvalue weighted by molar-refractivity contribution is 6.69. The van der Waals surface area contributed by atoms with Crippen LogP contribution in [0, 0.1) is 12.3 Å². The Labute approximate surface area is 69.9 Å². The van der Waals surface area contributed by atoms with E-state index in [2.05, 4.69) is 0 Å². The van der Waals surface area contributed by atoms with E-state index < -0.39 is 0 Å². The smallest absolute Gasteiger partial charge is 0.131 e. The van der Waals surface area contributed by atoms with E-state index in [-0.39, 0.29) is 10.9 Å². The first-order valence-electron chi connectivity index (χ1n) is 3.15. The van der Waals surface area contributed by atoms with Gasteiger partial charge in [0.15, 0.2) is 0 Å². The van der Waals surface area contributed by atoms with Gasteiger partial charge >= 0.3 is 0 Å². The molecular formula is C8H8ClNO. The van der Waals surface area contributed by atoms with E-state index in [1.54, 1.807) is 18.2 Å². The Hall–Kier alpha value is -1.02. The molecule has 0 amide bonds. The summed E-state index contributed by atoms with van der Waals surface area (Å²) in [6.07, 6.45) is 0. The second-order valence-corrected chi connectivity index (χ2v) is 2.71. The molecular weight excluding hydrogens is 162 g/mol. The zero-order valence-electron chi connectivity index (χ0n) is 6.06. The Morgan fingerprint density at radius 3 is 2.64 bits per heavy atom. The van der Waals surface area contributed by atoms with Crippen LogP contribution in [-0.2, 0) is 0 Å². The zero-order chi connectivity index (χ0) is 8.43. The number of halogens is 1. The third-order valence-corrected chi connectivity index (χ3v) is 1.59. The van der Waals surface area contributed by atoms with Crippen molar-refractivity contribution in [2.75, 3.05) is 0 Å². The summed E-state index contributed by atoms with van der Waals surface area (Å²) in [5.74, 6) is 0.0602. The van der Waals surface area contributed by atoms with Gasteiger partial charge in [-0.2, -0.15) is 0 Å². The maximum absolute atomic E-state index is 9.24. The van der Waals surface area contributed by atoms with Gasteiger partial charge in [0, 0.05) is 0 Å². The number of phenols is 1. The number of aryl methyl sites for hydroxylation is 1. The molecule has 11 heavy (non-hydrogen) atoms. The number of aromatic hydroxyl groups is 1. The third kappa shape index (κ3) is 1.71. The van der Waals surface area contributed by atoms with E-state index in [1.807, 2.05) is 6.92 Å². The van der Waals surface area contributed by atoms with Crippen LogP contribution in [0.25, 0.3) is 0 Å². The highest BCUT2D eigenvalue weighted by atomic mass is 35.5. The van der Waals surface area contributed by atoms with Crippen LogP contribution < -0.4 is 0 Å². The van der Waals surface area contributed by atoms with E-state index in [0.717, 1.165) is 5.56 Å². The largest absolute Gasteiger partial charge is 0.507 e.